The first-order valence-electron chi connectivity index (χ1n) is 7.69. The van der Waals surface area contributed by atoms with E-state index in [0.717, 1.165) is 41.0 Å². The van der Waals surface area contributed by atoms with Gasteiger partial charge in [0.1, 0.15) is 0 Å². The van der Waals surface area contributed by atoms with Crippen LogP contribution in [0.4, 0.5) is 0 Å². The Kier molecular flexibility index (Phi) is 2.89. The molecule has 3 saturated carbocycles. The second-order valence-electron chi connectivity index (χ2n) is 6.79. The normalized spacial score (nSPS) is 40.2. The molecule has 102 valence electrons. The Labute approximate surface area is 120 Å². The maximum Gasteiger partial charge on any atom is 0.0408 e. The summed E-state index contributed by atoms with van der Waals surface area (Å²) >= 11 is 6.10. The molecular weight excluding hydrogens is 254 g/mol. The van der Waals surface area contributed by atoms with Crippen molar-refractivity contribution in [2.24, 2.45) is 29.6 Å². The van der Waals surface area contributed by atoms with Crippen molar-refractivity contribution >= 4 is 11.6 Å². The third-order valence-electron chi connectivity index (χ3n) is 5.97. The summed E-state index contributed by atoms with van der Waals surface area (Å²) in [5, 5.41) is 4.45. The molecule has 3 aliphatic carbocycles. The molecule has 19 heavy (non-hydrogen) atoms. The minimum atomic E-state index is 0.650. The first kappa shape index (κ1) is 12.2. The molecule has 1 aromatic rings. The van der Waals surface area contributed by atoms with Crippen LogP contribution in [0.15, 0.2) is 24.3 Å². The summed E-state index contributed by atoms with van der Waals surface area (Å²) in [6, 6.07) is 9.02. The SMILES string of the molecule is CNC(Cc1cccc(Cl)c1)C1C2C3CCC(C3)C21. The van der Waals surface area contributed by atoms with E-state index >= 15 is 0 Å². The molecule has 0 saturated heterocycles. The van der Waals surface area contributed by atoms with Crippen LogP contribution in [0.3, 0.4) is 0 Å². The number of likely N-dealkylation sites (N-methyl/N-ethyl adjacent to an activating group) is 1. The van der Waals surface area contributed by atoms with Crippen molar-refractivity contribution in [1.82, 2.24) is 5.32 Å². The molecule has 3 fully saturated rings. The predicted octanol–water partition coefficient (Wildman–Crippen LogP) is 3.76. The molecule has 1 aromatic carbocycles. The van der Waals surface area contributed by atoms with Crippen LogP contribution in [0.2, 0.25) is 5.02 Å². The summed E-state index contributed by atoms with van der Waals surface area (Å²) in [6.07, 6.45) is 5.69. The first-order valence-corrected chi connectivity index (χ1v) is 8.07. The van der Waals surface area contributed by atoms with Gasteiger partial charge in [-0.15, -0.1) is 0 Å². The van der Waals surface area contributed by atoms with Gasteiger partial charge in [-0.1, -0.05) is 23.7 Å². The van der Waals surface area contributed by atoms with Gasteiger partial charge < -0.3 is 5.32 Å². The Balaban J connectivity index is 1.48. The van der Waals surface area contributed by atoms with Gasteiger partial charge in [-0.25, -0.2) is 0 Å². The van der Waals surface area contributed by atoms with E-state index in [1.807, 2.05) is 6.07 Å². The van der Waals surface area contributed by atoms with Crippen molar-refractivity contribution in [3.05, 3.63) is 34.9 Å². The number of rotatable bonds is 4. The van der Waals surface area contributed by atoms with E-state index in [0.29, 0.717) is 6.04 Å². The maximum absolute atomic E-state index is 6.10. The molecule has 4 rings (SSSR count). The van der Waals surface area contributed by atoms with Crippen molar-refractivity contribution in [2.75, 3.05) is 7.05 Å². The predicted molar refractivity (Wildman–Crippen MR) is 79.3 cm³/mol. The summed E-state index contributed by atoms with van der Waals surface area (Å²) in [5.74, 6) is 5.17. The minimum Gasteiger partial charge on any atom is -0.316 e. The fourth-order valence-electron chi connectivity index (χ4n) is 5.28. The van der Waals surface area contributed by atoms with Crippen LogP contribution in [-0.4, -0.2) is 13.1 Å². The molecule has 2 heteroatoms. The third kappa shape index (κ3) is 1.94. The highest BCUT2D eigenvalue weighted by Crippen LogP contribution is 2.70. The van der Waals surface area contributed by atoms with Gasteiger partial charge in [0.2, 0.25) is 0 Å². The molecule has 5 unspecified atom stereocenters. The highest BCUT2D eigenvalue weighted by Gasteiger charge is 2.66. The van der Waals surface area contributed by atoms with E-state index in [9.17, 15) is 0 Å². The quantitative estimate of drug-likeness (QED) is 0.882. The molecule has 0 aromatic heterocycles. The lowest BCUT2D eigenvalue weighted by Crippen LogP contribution is -2.32. The maximum atomic E-state index is 6.10. The molecule has 5 atom stereocenters. The molecule has 0 spiro atoms. The second-order valence-corrected chi connectivity index (χ2v) is 7.23. The molecule has 3 aliphatic rings. The van der Waals surface area contributed by atoms with E-state index < -0.39 is 0 Å². The van der Waals surface area contributed by atoms with Crippen molar-refractivity contribution in [3.8, 4) is 0 Å². The topological polar surface area (TPSA) is 12.0 Å². The van der Waals surface area contributed by atoms with Crippen molar-refractivity contribution < 1.29 is 0 Å². The zero-order valence-corrected chi connectivity index (χ0v) is 12.2. The van der Waals surface area contributed by atoms with Crippen LogP contribution < -0.4 is 5.32 Å². The first-order chi connectivity index (χ1) is 9.28. The number of hydrogen-bond donors (Lipinski definition) is 1. The minimum absolute atomic E-state index is 0.650. The van der Waals surface area contributed by atoms with Gasteiger partial charge >= 0.3 is 0 Å². The van der Waals surface area contributed by atoms with Crippen LogP contribution in [0.25, 0.3) is 0 Å². The zero-order valence-electron chi connectivity index (χ0n) is 11.5. The molecule has 0 radical (unpaired) electrons. The molecule has 0 amide bonds. The Bertz CT molecular complexity index is 470. The van der Waals surface area contributed by atoms with Gasteiger partial charge in [0.05, 0.1) is 0 Å². The van der Waals surface area contributed by atoms with E-state index in [1.165, 1.54) is 18.4 Å². The molecule has 1 nitrogen and oxygen atoms in total. The Morgan fingerprint density at radius 1 is 1.26 bits per heavy atom. The summed E-state index contributed by atoms with van der Waals surface area (Å²) in [6.45, 7) is 0. The number of nitrogens with one attached hydrogen (secondary N) is 1. The standard InChI is InChI=1S/C17H22ClN/c1-19-14(8-10-3-2-4-13(18)7-10)17-15-11-5-6-12(9-11)16(15)17/h2-4,7,11-12,14-17,19H,5-6,8-9H2,1H3. The number of fused-ring (bicyclic) bond motifs is 5. The van der Waals surface area contributed by atoms with Crippen LogP contribution >= 0.6 is 11.6 Å². The number of benzene rings is 1. The van der Waals surface area contributed by atoms with E-state index in [1.54, 1.807) is 6.42 Å². The number of hydrogen-bond acceptors (Lipinski definition) is 1. The largest absolute Gasteiger partial charge is 0.316 e. The molecular formula is C17H22ClN. The van der Waals surface area contributed by atoms with Gasteiger partial charge in [0.25, 0.3) is 0 Å². The third-order valence-corrected chi connectivity index (χ3v) is 6.21. The summed E-state index contributed by atoms with van der Waals surface area (Å²) in [7, 11) is 2.13. The highest BCUT2D eigenvalue weighted by molar-refractivity contribution is 6.30. The molecule has 0 aliphatic heterocycles. The lowest BCUT2D eigenvalue weighted by Gasteiger charge is -2.20. The number of halogens is 1. The summed E-state index contributed by atoms with van der Waals surface area (Å²) in [4.78, 5) is 0. The monoisotopic (exact) mass is 275 g/mol. The van der Waals surface area contributed by atoms with Crippen molar-refractivity contribution in [1.29, 1.82) is 0 Å². The Morgan fingerprint density at radius 3 is 2.63 bits per heavy atom. The summed E-state index contributed by atoms with van der Waals surface area (Å²) in [5.41, 5.74) is 1.38. The highest BCUT2D eigenvalue weighted by atomic mass is 35.5. The van der Waals surface area contributed by atoms with Gasteiger partial charge in [0.15, 0.2) is 0 Å². The van der Waals surface area contributed by atoms with Crippen LogP contribution in [0.5, 0.6) is 0 Å². The average molecular weight is 276 g/mol. The zero-order chi connectivity index (χ0) is 13.0. The summed E-state index contributed by atoms with van der Waals surface area (Å²) < 4.78 is 0. The van der Waals surface area contributed by atoms with Crippen LogP contribution in [-0.2, 0) is 6.42 Å². The average Bonchev–Trinajstić information content (AvgIpc) is 2.83. The fraction of sp³-hybridized carbons (Fsp3) is 0.647. The van der Waals surface area contributed by atoms with Gasteiger partial charge in [-0.3, -0.25) is 0 Å². The smallest absolute Gasteiger partial charge is 0.0408 e. The van der Waals surface area contributed by atoms with Gasteiger partial charge in [0, 0.05) is 11.1 Å². The van der Waals surface area contributed by atoms with Gasteiger partial charge in [-0.05, 0) is 80.0 Å². The lowest BCUT2D eigenvalue weighted by molar-refractivity contribution is 0.376. The molecule has 1 N–H and O–H groups in total. The Morgan fingerprint density at radius 2 is 2.00 bits per heavy atom. The lowest BCUT2D eigenvalue weighted by atomic mass is 9.93. The van der Waals surface area contributed by atoms with Crippen LogP contribution in [0, 0.1) is 29.6 Å². The van der Waals surface area contributed by atoms with E-state index in [2.05, 4.69) is 30.6 Å². The van der Waals surface area contributed by atoms with Gasteiger partial charge in [-0.2, -0.15) is 0 Å². The molecule has 0 heterocycles. The van der Waals surface area contributed by atoms with Crippen LogP contribution in [0.1, 0.15) is 24.8 Å². The fourth-order valence-corrected chi connectivity index (χ4v) is 5.49. The van der Waals surface area contributed by atoms with Crippen molar-refractivity contribution in [2.45, 2.75) is 31.7 Å². The second kappa shape index (κ2) is 4.49. The van der Waals surface area contributed by atoms with E-state index in [4.69, 9.17) is 11.6 Å². The van der Waals surface area contributed by atoms with E-state index in [-0.39, 0.29) is 0 Å². The molecule has 2 bridgehead atoms. The Hall–Kier alpha value is -0.530. The van der Waals surface area contributed by atoms with Crippen molar-refractivity contribution in [3.63, 3.8) is 0 Å².